The SMILES string of the molecule is C=NNC(=N)N/N=C/Cc1cccc(C#N)c1. The summed E-state index contributed by atoms with van der Waals surface area (Å²) >= 11 is 0. The Kier molecular flexibility index (Phi) is 4.91. The summed E-state index contributed by atoms with van der Waals surface area (Å²) < 4.78 is 0. The van der Waals surface area contributed by atoms with Crippen LogP contribution in [0.4, 0.5) is 0 Å². The lowest BCUT2D eigenvalue weighted by molar-refractivity contribution is 0.893. The summed E-state index contributed by atoms with van der Waals surface area (Å²) in [5, 5.41) is 23.0. The highest BCUT2D eigenvalue weighted by Crippen LogP contribution is 2.03. The number of hydrogen-bond acceptors (Lipinski definition) is 4. The molecule has 0 saturated carbocycles. The molecule has 0 amide bonds. The minimum absolute atomic E-state index is 0.0537. The Morgan fingerprint density at radius 2 is 2.35 bits per heavy atom. The molecule has 0 bridgehead atoms. The molecule has 0 fully saturated rings. The van der Waals surface area contributed by atoms with E-state index in [1.807, 2.05) is 12.1 Å². The molecule has 1 aromatic rings. The Morgan fingerprint density at radius 1 is 1.53 bits per heavy atom. The van der Waals surface area contributed by atoms with Crippen LogP contribution >= 0.6 is 0 Å². The third-order valence-electron chi connectivity index (χ3n) is 1.84. The van der Waals surface area contributed by atoms with Gasteiger partial charge in [0.2, 0.25) is 5.96 Å². The average molecular weight is 228 g/mol. The summed E-state index contributed by atoms with van der Waals surface area (Å²) in [6.45, 7) is 3.17. The fraction of sp³-hybridized carbons (Fsp3) is 0.0909. The van der Waals surface area contributed by atoms with E-state index in [1.54, 1.807) is 18.3 Å². The third kappa shape index (κ3) is 4.57. The van der Waals surface area contributed by atoms with Gasteiger partial charge in [-0.1, -0.05) is 12.1 Å². The van der Waals surface area contributed by atoms with Gasteiger partial charge in [0.15, 0.2) is 0 Å². The number of nitrogens with zero attached hydrogens (tertiary/aromatic N) is 3. The largest absolute Gasteiger partial charge is 0.266 e. The van der Waals surface area contributed by atoms with Crippen LogP contribution in [-0.2, 0) is 6.42 Å². The molecule has 0 aliphatic carbocycles. The Hall–Kier alpha value is -2.68. The zero-order chi connectivity index (χ0) is 12.5. The van der Waals surface area contributed by atoms with Gasteiger partial charge in [-0.25, -0.2) is 10.9 Å². The van der Waals surface area contributed by atoms with Crippen LogP contribution in [0.5, 0.6) is 0 Å². The Bertz CT molecular complexity index is 471. The van der Waals surface area contributed by atoms with Gasteiger partial charge in [0, 0.05) is 19.4 Å². The first-order chi connectivity index (χ1) is 8.26. The summed E-state index contributed by atoms with van der Waals surface area (Å²) in [6, 6.07) is 9.33. The van der Waals surface area contributed by atoms with Gasteiger partial charge in [-0.3, -0.25) is 5.41 Å². The molecule has 0 aliphatic heterocycles. The predicted molar refractivity (Wildman–Crippen MR) is 66.9 cm³/mol. The van der Waals surface area contributed by atoms with Crippen LogP contribution < -0.4 is 10.9 Å². The molecule has 0 aromatic heterocycles. The molecule has 86 valence electrons. The summed E-state index contributed by atoms with van der Waals surface area (Å²) in [4.78, 5) is 0. The summed E-state index contributed by atoms with van der Waals surface area (Å²) in [6.07, 6.45) is 2.19. The molecule has 17 heavy (non-hydrogen) atoms. The van der Waals surface area contributed by atoms with Crippen molar-refractivity contribution in [3.63, 3.8) is 0 Å². The number of nitriles is 1. The second kappa shape index (κ2) is 6.74. The summed E-state index contributed by atoms with van der Waals surface area (Å²) in [5.74, 6) is -0.0537. The fourth-order valence-electron chi connectivity index (χ4n) is 1.13. The lowest BCUT2D eigenvalue weighted by Gasteiger charge is -1.99. The van der Waals surface area contributed by atoms with E-state index in [9.17, 15) is 0 Å². The molecule has 0 heterocycles. The highest BCUT2D eigenvalue weighted by molar-refractivity contribution is 5.77. The molecule has 6 nitrogen and oxygen atoms in total. The Morgan fingerprint density at radius 3 is 3.06 bits per heavy atom. The van der Waals surface area contributed by atoms with E-state index in [4.69, 9.17) is 10.7 Å². The van der Waals surface area contributed by atoms with Crippen LogP contribution in [0.3, 0.4) is 0 Å². The van der Waals surface area contributed by atoms with Crippen LogP contribution in [0.15, 0.2) is 34.5 Å². The smallest absolute Gasteiger partial charge is 0.230 e. The second-order valence-corrected chi connectivity index (χ2v) is 3.08. The number of rotatable bonds is 4. The van der Waals surface area contributed by atoms with Gasteiger partial charge in [-0.2, -0.15) is 15.5 Å². The van der Waals surface area contributed by atoms with Gasteiger partial charge in [0.25, 0.3) is 0 Å². The van der Waals surface area contributed by atoms with Crippen molar-refractivity contribution in [2.45, 2.75) is 6.42 Å². The molecule has 0 aliphatic rings. The molecule has 0 unspecified atom stereocenters. The highest BCUT2D eigenvalue weighted by atomic mass is 15.4. The van der Waals surface area contributed by atoms with E-state index in [1.165, 1.54) is 0 Å². The molecular weight excluding hydrogens is 216 g/mol. The first-order valence-corrected chi connectivity index (χ1v) is 4.83. The average Bonchev–Trinajstić information content (AvgIpc) is 2.35. The molecule has 1 rings (SSSR count). The number of guanidine groups is 1. The molecule has 0 spiro atoms. The van der Waals surface area contributed by atoms with Gasteiger partial charge >= 0.3 is 0 Å². The maximum Gasteiger partial charge on any atom is 0.230 e. The van der Waals surface area contributed by atoms with E-state index in [0.29, 0.717) is 12.0 Å². The minimum Gasteiger partial charge on any atom is -0.266 e. The van der Waals surface area contributed by atoms with E-state index in [0.717, 1.165) is 5.56 Å². The third-order valence-corrected chi connectivity index (χ3v) is 1.84. The molecular formula is C11H12N6. The lowest BCUT2D eigenvalue weighted by Crippen LogP contribution is -2.28. The maximum absolute atomic E-state index is 8.72. The Balaban J connectivity index is 2.45. The second-order valence-electron chi connectivity index (χ2n) is 3.08. The molecule has 3 N–H and O–H groups in total. The van der Waals surface area contributed by atoms with Crippen LogP contribution in [0.1, 0.15) is 11.1 Å². The van der Waals surface area contributed by atoms with Crippen molar-refractivity contribution in [3.05, 3.63) is 35.4 Å². The number of hydrazone groups is 2. The predicted octanol–water partition coefficient (Wildman–Crippen LogP) is 0.816. The molecule has 0 radical (unpaired) electrons. The van der Waals surface area contributed by atoms with E-state index < -0.39 is 0 Å². The minimum atomic E-state index is -0.0537. The van der Waals surface area contributed by atoms with Crippen LogP contribution in [0.25, 0.3) is 0 Å². The zero-order valence-corrected chi connectivity index (χ0v) is 9.14. The van der Waals surface area contributed by atoms with Gasteiger partial charge in [-0.15, -0.1) is 0 Å². The summed E-state index contributed by atoms with van der Waals surface area (Å²) in [5.41, 5.74) is 6.32. The van der Waals surface area contributed by atoms with Gasteiger partial charge < -0.3 is 0 Å². The van der Waals surface area contributed by atoms with Crippen LogP contribution in [0, 0.1) is 16.7 Å². The topological polar surface area (TPSA) is 96.4 Å². The molecule has 0 saturated heterocycles. The Labute approximate surface area is 99.2 Å². The molecule has 0 atom stereocenters. The van der Waals surface area contributed by atoms with Gasteiger partial charge in [0.1, 0.15) is 0 Å². The summed E-state index contributed by atoms with van der Waals surface area (Å²) in [7, 11) is 0. The van der Waals surface area contributed by atoms with Gasteiger partial charge in [-0.05, 0) is 17.7 Å². The van der Waals surface area contributed by atoms with E-state index in [-0.39, 0.29) is 5.96 Å². The van der Waals surface area contributed by atoms with E-state index in [2.05, 4.69) is 33.8 Å². The first kappa shape index (κ1) is 12.4. The van der Waals surface area contributed by atoms with Crippen molar-refractivity contribution in [1.82, 2.24) is 10.9 Å². The fourth-order valence-corrected chi connectivity index (χ4v) is 1.13. The standard InChI is InChI=1S/C11H12N6/c1-14-16-11(13)17-15-6-5-9-3-2-4-10(7-9)8-12/h2-4,6-7H,1,5H2,(H3,13,16,17)/b15-6+. The number of nitrogens with one attached hydrogen (secondary N) is 3. The quantitative estimate of drug-likeness (QED) is 0.404. The van der Waals surface area contributed by atoms with Crippen molar-refractivity contribution >= 4 is 18.9 Å². The van der Waals surface area contributed by atoms with Crippen molar-refractivity contribution in [2.75, 3.05) is 0 Å². The molecule has 6 heteroatoms. The van der Waals surface area contributed by atoms with Crippen LogP contribution in [-0.4, -0.2) is 18.9 Å². The number of benzene rings is 1. The van der Waals surface area contributed by atoms with Crippen molar-refractivity contribution < 1.29 is 0 Å². The van der Waals surface area contributed by atoms with Crippen molar-refractivity contribution in [1.29, 1.82) is 10.7 Å². The highest BCUT2D eigenvalue weighted by Gasteiger charge is 1.93. The lowest BCUT2D eigenvalue weighted by atomic mass is 10.1. The van der Waals surface area contributed by atoms with Gasteiger partial charge in [0.05, 0.1) is 11.6 Å². The van der Waals surface area contributed by atoms with Crippen LogP contribution in [0.2, 0.25) is 0 Å². The maximum atomic E-state index is 8.72. The normalized spacial score (nSPS) is 9.59. The molecule has 1 aromatic carbocycles. The monoisotopic (exact) mass is 228 g/mol. The number of hydrogen-bond donors (Lipinski definition) is 3. The van der Waals surface area contributed by atoms with Crippen molar-refractivity contribution in [3.8, 4) is 6.07 Å². The zero-order valence-electron chi connectivity index (χ0n) is 9.14. The van der Waals surface area contributed by atoms with Crippen molar-refractivity contribution in [2.24, 2.45) is 10.2 Å². The van der Waals surface area contributed by atoms with E-state index >= 15 is 0 Å². The first-order valence-electron chi connectivity index (χ1n) is 4.83.